The van der Waals surface area contributed by atoms with E-state index in [0.717, 1.165) is 42.5 Å². The van der Waals surface area contributed by atoms with Crippen LogP contribution in [0.25, 0.3) is 10.9 Å². The van der Waals surface area contributed by atoms with Gasteiger partial charge in [-0.15, -0.1) is 0 Å². The number of likely N-dealkylation sites (tertiary alicyclic amines) is 1. The molecule has 0 radical (unpaired) electrons. The predicted octanol–water partition coefficient (Wildman–Crippen LogP) is 2.73. The van der Waals surface area contributed by atoms with Gasteiger partial charge < -0.3 is 24.6 Å². The van der Waals surface area contributed by atoms with E-state index < -0.39 is 12.1 Å². The molecule has 2 saturated heterocycles. The molecule has 0 saturated carbocycles. The van der Waals surface area contributed by atoms with E-state index in [9.17, 15) is 18.0 Å². The van der Waals surface area contributed by atoms with E-state index in [-0.39, 0.29) is 24.1 Å². The number of H-pyrrole nitrogens is 1. The maximum atomic E-state index is 13.1. The van der Waals surface area contributed by atoms with Crippen LogP contribution >= 0.6 is 0 Å². The number of hydrogen-bond donors (Lipinski definition) is 2. The lowest BCUT2D eigenvalue weighted by atomic mass is 10.00. The number of nitrogens with zero attached hydrogens (tertiary/aromatic N) is 2. The molecule has 10 heteroatoms. The highest BCUT2D eigenvalue weighted by Gasteiger charge is 2.46. The van der Waals surface area contributed by atoms with E-state index in [1.165, 1.54) is 0 Å². The third kappa shape index (κ3) is 4.59. The number of aliphatic carboxylic acids is 1. The van der Waals surface area contributed by atoms with Gasteiger partial charge in [0.1, 0.15) is 0 Å². The van der Waals surface area contributed by atoms with Gasteiger partial charge in [-0.3, -0.25) is 4.79 Å². The van der Waals surface area contributed by atoms with Crippen molar-refractivity contribution in [2.45, 2.75) is 37.2 Å². The van der Waals surface area contributed by atoms with Gasteiger partial charge in [-0.25, -0.2) is 4.79 Å². The highest BCUT2D eigenvalue weighted by atomic mass is 19.4. The van der Waals surface area contributed by atoms with Crippen LogP contribution in [0.3, 0.4) is 0 Å². The molecule has 0 spiro atoms. The number of carbonyl (C=O) groups excluding carboxylic acids is 1. The van der Waals surface area contributed by atoms with Crippen molar-refractivity contribution in [1.29, 1.82) is 0 Å². The van der Waals surface area contributed by atoms with Gasteiger partial charge in [-0.05, 0) is 51.2 Å². The lowest BCUT2D eigenvalue weighted by Gasteiger charge is -2.33. The number of halogens is 3. The first-order valence-electron chi connectivity index (χ1n) is 9.56. The lowest BCUT2D eigenvalue weighted by molar-refractivity contribution is -0.192. The SMILES string of the molecule is CN(C)[C@@H]1CN(C(=O)c2ccc3[nH]ccc3c2)[C@@H]2CCCO[C@H]12.O=C(O)C(F)(F)F. The number of ether oxygens (including phenoxy) is 1. The second-order valence-electron chi connectivity index (χ2n) is 7.62. The van der Waals surface area contributed by atoms with Gasteiger partial charge in [0.05, 0.1) is 18.2 Å². The maximum Gasteiger partial charge on any atom is 0.490 e. The standard InChI is InChI=1S/C18H23N3O2.C2HF3O2/c1-20(2)16-11-21(15-4-3-9-23-17(15)16)18(22)13-5-6-14-12(10-13)7-8-19-14;3-2(4,5)1(6)7/h5-8,10,15-17,19H,3-4,9,11H2,1-2H3;(H,6,7)/t15-,16-,17+;/m1./s1. The molecule has 0 aliphatic carbocycles. The molecule has 2 aliphatic rings. The fourth-order valence-corrected chi connectivity index (χ4v) is 3.97. The third-order valence-corrected chi connectivity index (χ3v) is 5.46. The number of aromatic nitrogens is 1. The minimum atomic E-state index is -5.08. The van der Waals surface area contributed by atoms with Gasteiger partial charge in [-0.1, -0.05) is 0 Å². The Labute approximate surface area is 171 Å². The van der Waals surface area contributed by atoms with Crippen molar-refractivity contribution in [3.8, 4) is 0 Å². The van der Waals surface area contributed by atoms with E-state index >= 15 is 0 Å². The molecule has 2 aliphatic heterocycles. The molecular formula is C20H24F3N3O4. The monoisotopic (exact) mass is 427 g/mol. The lowest BCUT2D eigenvalue weighted by Crippen LogP contribution is -2.45. The van der Waals surface area contributed by atoms with E-state index in [2.05, 4.69) is 24.0 Å². The van der Waals surface area contributed by atoms with Crippen molar-refractivity contribution in [1.82, 2.24) is 14.8 Å². The number of likely N-dealkylation sites (N-methyl/N-ethyl adjacent to an activating group) is 1. The summed E-state index contributed by atoms with van der Waals surface area (Å²) in [6.45, 7) is 1.55. The Morgan fingerprint density at radius 1 is 1.27 bits per heavy atom. The first-order chi connectivity index (χ1) is 14.1. The zero-order valence-electron chi connectivity index (χ0n) is 16.6. The minimum absolute atomic E-state index is 0.123. The Hall–Kier alpha value is -2.59. The number of rotatable bonds is 2. The predicted molar refractivity (Wildman–Crippen MR) is 103 cm³/mol. The van der Waals surface area contributed by atoms with Crippen molar-refractivity contribution < 1.29 is 32.6 Å². The molecule has 0 unspecified atom stereocenters. The Kier molecular flexibility index (Phi) is 6.37. The van der Waals surface area contributed by atoms with E-state index in [0.29, 0.717) is 0 Å². The van der Waals surface area contributed by atoms with Crippen LogP contribution in [0.2, 0.25) is 0 Å². The first-order valence-corrected chi connectivity index (χ1v) is 9.56. The molecule has 1 aromatic carbocycles. The summed E-state index contributed by atoms with van der Waals surface area (Å²) in [7, 11) is 4.14. The number of carboxylic acid groups (broad SMARTS) is 1. The molecular weight excluding hydrogens is 403 g/mol. The number of amides is 1. The number of fused-ring (bicyclic) bond motifs is 2. The van der Waals surface area contributed by atoms with E-state index in [1.807, 2.05) is 35.4 Å². The summed E-state index contributed by atoms with van der Waals surface area (Å²) < 4.78 is 37.7. The molecule has 30 heavy (non-hydrogen) atoms. The molecule has 3 heterocycles. The summed E-state index contributed by atoms with van der Waals surface area (Å²) in [5.74, 6) is -2.63. The molecule has 2 aromatic rings. The highest BCUT2D eigenvalue weighted by molar-refractivity contribution is 5.98. The zero-order valence-corrected chi connectivity index (χ0v) is 16.6. The van der Waals surface area contributed by atoms with Crippen molar-refractivity contribution in [3.05, 3.63) is 36.0 Å². The third-order valence-electron chi connectivity index (χ3n) is 5.46. The Morgan fingerprint density at radius 3 is 2.60 bits per heavy atom. The number of aromatic amines is 1. The number of benzene rings is 1. The van der Waals surface area contributed by atoms with Gasteiger partial charge >= 0.3 is 12.1 Å². The second kappa shape index (κ2) is 8.65. The average Bonchev–Trinajstić information content (AvgIpc) is 3.31. The van der Waals surface area contributed by atoms with Crippen LogP contribution in [-0.2, 0) is 9.53 Å². The van der Waals surface area contributed by atoms with Crippen molar-refractivity contribution in [3.63, 3.8) is 0 Å². The number of nitrogens with one attached hydrogen (secondary N) is 1. The number of alkyl halides is 3. The normalized spacial score (nSPS) is 23.8. The van der Waals surface area contributed by atoms with Crippen LogP contribution in [-0.4, -0.2) is 83.4 Å². The Bertz CT molecular complexity index is 912. The topological polar surface area (TPSA) is 85.9 Å². The van der Waals surface area contributed by atoms with E-state index in [4.69, 9.17) is 14.6 Å². The molecule has 2 fully saturated rings. The van der Waals surface area contributed by atoms with Crippen LogP contribution in [0.1, 0.15) is 23.2 Å². The summed E-state index contributed by atoms with van der Waals surface area (Å²) in [6.07, 6.45) is -0.976. The van der Waals surface area contributed by atoms with Gasteiger partial charge in [0.15, 0.2) is 0 Å². The molecule has 164 valence electrons. The Balaban J connectivity index is 0.000000318. The van der Waals surface area contributed by atoms with Gasteiger partial charge in [0.25, 0.3) is 5.91 Å². The van der Waals surface area contributed by atoms with Gasteiger partial charge in [-0.2, -0.15) is 13.2 Å². The van der Waals surface area contributed by atoms with Gasteiger partial charge in [0.2, 0.25) is 0 Å². The minimum Gasteiger partial charge on any atom is -0.475 e. The first kappa shape index (κ1) is 22.1. The quantitative estimate of drug-likeness (QED) is 0.770. The van der Waals surface area contributed by atoms with Crippen molar-refractivity contribution in [2.24, 2.45) is 0 Å². The van der Waals surface area contributed by atoms with Crippen LogP contribution in [0.15, 0.2) is 30.5 Å². The largest absolute Gasteiger partial charge is 0.490 e. The summed E-state index contributed by atoms with van der Waals surface area (Å²) in [6, 6.07) is 8.37. The highest BCUT2D eigenvalue weighted by Crippen LogP contribution is 2.32. The molecule has 2 N–H and O–H groups in total. The number of carbonyl (C=O) groups is 2. The summed E-state index contributed by atoms with van der Waals surface area (Å²) in [5.41, 5.74) is 1.83. The molecule has 4 rings (SSSR count). The van der Waals surface area contributed by atoms with Crippen molar-refractivity contribution in [2.75, 3.05) is 27.2 Å². The number of carboxylic acids is 1. The molecule has 1 aromatic heterocycles. The summed E-state index contributed by atoms with van der Waals surface area (Å²) >= 11 is 0. The molecule has 1 amide bonds. The van der Waals surface area contributed by atoms with Gasteiger partial charge in [0, 0.05) is 35.8 Å². The van der Waals surface area contributed by atoms with E-state index in [1.54, 1.807) is 0 Å². The summed E-state index contributed by atoms with van der Waals surface area (Å²) in [5, 5.41) is 8.20. The maximum absolute atomic E-state index is 13.1. The Morgan fingerprint density at radius 2 is 1.97 bits per heavy atom. The van der Waals surface area contributed by atoms with Crippen LogP contribution in [0.5, 0.6) is 0 Å². The van der Waals surface area contributed by atoms with Crippen LogP contribution < -0.4 is 0 Å². The molecule has 3 atom stereocenters. The molecule has 7 nitrogen and oxygen atoms in total. The number of hydrogen-bond acceptors (Lipinski definition) is 4. The zero-order chi connectivity index (χ0) is 22.1. The second-order valence-corrected chi connectivity index (χ2v) is 7.62. The average molecular weight is 427 g/mol. The van der Waals surface area contributed by atoms with Crippen LogP contribution in [0, 0.1) is 0 Å². The summed E-state index contributed by atoms with van der Waals surface area (Å²) in [4.78, 5) is 29.4. The van der Waals surface area contributed by atoms with Crippen LogP contribution in [0.4, 0.5) is 13.2 Å². The fraction of sp³-hybridized carbons (Fsp3) is 0.500. The molecule has 0 bridgehead atoms. The smallest absolute Gasteiger partial charge is 0.475 e. The van der Waals surface area contributed by atoms with Crippen molar-refractivity contribution >= 4 is 22.8 Å². The fourth-order valence-electron chi connectivity index (χ4n) is 3.97.